The fraction of sp³-hybridized carbons (Fsp3) is 0.385. The third kappa shape index (κ3) is 4.86. The third-order valence-electron chi connectivity index (χ3n) is 2.35. The fourth-order valence-electron chi connectivity index (χ4n) is 1.30. The van der Waals surface area contributed by atoms with Crippen LogP contribution in [-0.2, 0) is 25.5 Å². The molecule has 0 atom stereocenters. The molecule has 0 aliphatic carbocycles. The lowest BCUT2D eigenvalue weighted by atomic mass is 10.1. The molecule has 0 aliphatic heterocycles. The van der Waals surface area contributed by atoms with E-state index in [4.69, 9.17) is 4.74 Å². The van der Waals surface area contributed by atoms with E-state index in [1.165, 1.54) is 14.2 Å². The Kier molecular flexibility index (Phi) is 5.70. The van der Waals surface area contributed by atoms with Gasteiger partial charge in [-0.15, -0.1) is 0 Å². The Balaban J connectivity index is 2.42. The zero-order valence-electron chi connectivity index (χ0n) is 10.5. The molecule has 5 nitrogen and oxygen atoms in total. The van der Waals surface area contributed by atoms with Crippen molar-refractivity contribution in [3.63, 3.8) is 0 Å². The topological polar surface area (TPSA) is 61.8 Å². The summed E-state index contributed by atoms with van der Waals surface area (Å²) in [5.41, 5.74) is 1.01. The smallest absolute Gasteiger partial charge is 0.343 e. The molecule has 0 aromatic heterocycles. The maximum absolute atomic E-state index is 11.0. The maximum atomic E-state index is 11.0. The van der Waals surface area contributed by atoms with Crippen LogP contribution in [0.5, 0.6) is 5.75 Å². The van der Waals surface area contributed by atoms with E-state index in [9.17, 15) is 9.59 Å². The van der Waals surface area contributed by atoms with Crippen LogP contribution in [0.1, 0.15) is 12.0 Å². The molecular weight excluding hydrogens is 236 g/mol. The van der Waals surface area contributed by atoms with Crippen LogP contribution < -0.4 is 4.74 Å². The highest BCUT2D eigenvalue weighted by molar-refractivity contribution is 5.71. The Bertz CT molecular complexity index is 357. The van der Waals surface area contributed by atoms with Gasteiger partial charge in [-0.05, 0) is 24.1 Å². The van der Waals surface area contributed by atoms with Gasteiger partial charge in [0, 0.05) is 6.42 Å². The third-order valence-corrected chi connectivity index (χ3v) is 2.35. The molecule has 0 unspecified atom stereocenters. The van der Waals surface area contributed by atoms with E-state index in [0.29, 0.717) is 18.6 Å². The van der Waals surface area contributed by atoms with Crippen LogP contribution in [0.4, 0.5) is 0 Å². The normalized spacial score (nSPS) is 9.67. The Hall–Kier alpha value is -2.04. The number of ether oxygens (including phenoxy) is 3. The summed E-state index contributed by atoms with van der Waals surface area (Å²) in [4.78, 5) is 21.8. The first-order chi connectivity index (χ1) is 8.65. The number of methoxy groups -OCH3 is 2. The maximum Gasteiger partial charge on any atom is 0.343 e. The van der Waals surface area contributed by atoms with Crippen molar-refractivity contribution in [2.75, 3.05) is 20.8 Å². The van der Waals surface area contributed by atoms with E-state index in [-0.39, 0.29) is 12.6 Å². The second-order valence-electron chi connectivity index (χ2n) is 3.58. The summed E-state index contributed by atoms with van der Waals surface area (Å²) >= 11 is 0. The summed E-state index contributed by atoms with van der Waals surface area (Å²) in [5.74, 6) is -0.0759. The lowest BCUT2D eigenvalue weighted by Gasteiger charge is -2.05. The number of rotatable bonds is 6. The number of hydrogen-bond donors (Lipinski definition) is 0. The minimum absolute atomic E-state index is 0.113. The summed E-state index contributed by atoms with van der Waals surface area (Å²) in [6.07, 6.45) is 0.961. The van der Waals surface area contributed by atoms with Crippen LogP contribution in [0, 0.1) is 0 Å². The van der Waals surface area contributed by atoms with Crippen molar-refractivity contribution in [2.45, 2.75) is 12.8 Å². The second-order valence-corrected chi connectivity index (χ2v) is 3.58. The van der Waals surface area contributed by atoms with Crippen molar-refractivity contribution < 1.29 is 23.8 Å². The molecule has 0 amide bonds. The molecule has 0 N–H and O–H groups in total. The molecule has 98 valence electrons. The fourth-order valence-corrected chi connectivity index (χ4v) is 1.30. The Labute approximate surface area is 106 Å². The lowest BCUT2D eigenvalue weighted by Crippen LogP contribution is -2.12. The van der Waals surface area contributed by atoms with Gasteiger partial charge >= 0.3 is 11.9 Å². The summed E-state index contributed by atoms with van der Waals surface area (Å²) in [7, 11) is 2.67. The number of carbonyl (C=O) groups excluding carboxylic acids is 2. The largest absolute Gasteiger partial charge is 0.482 e. The predicted octanol–water partition coefficient (Wildman–Crippen LogP) is 1.34. The molecular formula is C13H16O5. The van der Waals surface area contributed by atoms with E-state index in [2.05, 4.69) is 9.47 Å². The second kappa shape index (κ2) is 7.32. The molecule has 1 aromatic carbocycles. The molecule has 0 heterocycles. The summed E-state index contributed by atoms with van der Waals surface area (Å²) < 4.78 is 14.2. The van der Waals surface area contributed by atoms with Gasteiger partial charge in [0.05, 0.1) is 14.2 Å². The molecule has 0 bridgehead atoms. The van der Waals surface area contributed by atoms with Gasteiger partial charge < -0.3 is 14.2 Å². The molecule has 1 aromatic rings. The van der Waals surface area contributed by atoms with Gasteiger partial charge in [-0.3, -0.25) is 4.79 Å². The highest BCUT2D eigenvalue weighted by atomic mass is 16.6. The minimum atomic E-state index is -0.426. The van der Waals surface area contributed by atoms with Gasteiger partial charge in [-0.25, -0.2) is 4.79 Å². The van der Waals surface area contributed by atoms with Gasteiger partial charge in [0.1, 0.15) is 5.75 Å². The van der Waals surface area contributed by atoms with E-state index >= 15 is 0 Å². The van der Waals surface area contributed by atoms with Crippen LogP contribution in [0.3, 0.4) is 0 Å². The highest BCUT2D eigenvalue weighted by Gasteiger charge is 2.03. The Morgan fingerprint density at radius 3 is 2.17 bits per heavy atom. The van der Waals surface area contributed by atoms with Crippen molar-refractivity contribution in [3.05, 3.63) is 29.8 Å². The molecule has 1 rings (SSSR count). The van der Waals surface area contributed by atoms with Gasteiger partial charge in [-0.1, -0.05) is 12.1 Å². The highest BCUT2D eigenvalue weighted by Crippen LogP contribution is 2.13. The van der Waals surface area contributed by atoms with Crippen molar-refractivity contribution in [2.24, 2.45) is 0 Å². The van der Waals surface area contributed by atoms with Gasteiger partial charge in [0.25, 0.3) is 0 Å². The number of hydrogen-bond acceptors (Lipinski definition) is 5. The first kappa shape index (κ1) is 14.0. The molecule has 18 heavy (non-hydrogen) atoms. The average Bonchev–Trinajstić information content (AvgIpc) is 2.43. The summed E-state index contributed by atoms with van der Waals surface area (Å²) in [6, 6.07) is 7.18. The monoisotopic (exact) mass is 252 g/mol. The van der Waals surface area contributed by atoms with Crippen molar-refractivity contribution in [1.82, 2.24) is 0 Å². The predicted molar refractivity (Wildman–Crippen MR) is 64.3 cm³/mol. The van der Waals surface area contributed by atoms with Crippen LogP contribution >= 0.6 is 0 Å². The number of benzene rings is 1. The molecule has 0 aliphatic rings. The Morgan fingerprint density at radius 1 is 1.00 bits per heavy atom. The standard InChI is InChI=1S/C13H16O5/c1-16-12(14)8-5-10-3-6-11(7-4-10)18-9-13(15)17-2/h3-4,6-7H,5,8-9H2,1-2H3. The van der Waals surface area contributed by atoms with Crippen LogP contribution in [0.15, 0.2) is 24.3 Å². The first-order valence-electron chi connectivity index (χ1n) is 5.51. The zero-order chi connectivity index (χ0) is 13.4. The van der Waals surface area contributed by atoms with Gasteiger partial charge in [-0.2, -0.15) is 0 Å². The summed E-state index contributed by atoms with van der Waals surface area (Å²) in [6.45, 7) is -0.113. The van der Waals surface area contributed by atoms with Crippen LogP contribution in [0.2, 0.25) is 0 Å². The molecule has 0 saturated carbocycles. The van der Waals surface area contributed by atoms with Crippen molar-refractivity contribution in [3.8, 4) is 5.75 Å². The first-order valence-corrected chi connectivity index (χ1v) is 5.51. The molecule has 0 saturated heterocycles. The van der Waals surface area contributed by atoms with Crippen LogP contribution in [-0.4, -0.2) is 32.8 Å². The lowest BCUT2D eigenvalue weighted by molar-refractivity contribution is -0.143. The van der Waals surface area contributed by atoms with Crippen molar-refractivity contribution >= 4 is 11.9 Å². The SMILES string of the molecule is COC(=O)CCc1ccc(OCC(=O)OC)cc1. The number of esters is 2. The average molecular weight is 252 g/mol. The van der Waals surface area contributed by atoms with Gasteiger partial charge in [0.15, 0.2) is 6.61 Å². The quantitative estimate of drug-likeness (QED) is 0.715. The Morgan fingerprint density at radius 2 is 1.61 bits per heavy atom. The number of aryl methyl sites for hydroxylation is 1. The minimum Gasteiger partial charge on any atom is -0.482 e. The number of carbonyl (C=O) groups is 2. The van der Waals surface area contributed by atoms with E-state index in [0.717, 1.165) is 5.56 Å². The van der Waals surface area contributed by atoms with Crippen molar-refractivity contribution in [1.29, 1.82) is 0 Å². The molecule has 0 spiro atoms. The zero-order valence-corrected chi connectivity index (χ0v) is 10.5. The van der Waals surface area contributed by atoms with Crippen LogP contribution in [0.25, 0.3) is 0 Å². The van der Waals surface area contributed by atoms with Gasteiger partial charge in [0.2, 0.25) is 0 Å². The molecule has 5 heteroatoms. The van der Waals surface area contributed by atoms with E-state index in [1.54, 1.807) is 12.1 Å². The van der Waals surface area contributed by atoms with E-state index < -0.39 is 5.97 Å². The van der Waals surface area contributed by atoms with E-state index in [1.807, 2.05) is 12.1 Å². The summed E-state index contributed by atoms with van der Waals surface area (Å²) in [5, 5.41) is 0. The molecule has 0 fully saturated rings. The molecule has 0 radical (unpaired) electrons.